The minimum Gasteiger partial charge on any atom is -0.369 e. The van der Waals surface area contributed by atoms with Crippen LogP contribution in [-0.2, 0) is 9.53 Å². The maximum Gasteiger partial charge on any atom is 0.251 e. The fourth-order valence-electron chi connectivity index (χ4n) is 2.32. The molecule has 0 spiro atoms. The molecule has 1 amide bonds. The highest BCUT2D eigenvalue weighted by Gasteiger charge is 2.28. The van der Waals surface area contributed by atoms with Gasteiger partial charge in [0, 0.05) is 25.7 Å². The number of rotatable bonds is 6. The zero-order chi connectivity index (χ0) is 13.5. The van der Waals surface area contributed by atoms with Crippen LogP contribution in [0.25, 0.3) is 0 Å². The molecular weight excluding hydrogens is 228 g/mol. The van der Waals surface area contributed by atoms with Crippen molar-refractivity contribution in [2.24, 2.45) is 11.7 Å². The molecule has 2 unspecified atom stereocenters. The second-order valence-electron chi connectivity index (χ2n) is 5.61. The molecule has 0 saturated carbocycles. The molecule has 1 rings (SSSR count). The van der Waals surface area contributed by atoms with Crippen LogP contribution >= 0.6 is 0 Å². The van der Waals surface area contributed by atoms with Crippen LogP contribution in [0.15, 0.2) is 0 Å². The third kappa shape index (κ3) is 4.58. The number of nitrogens with two attached hydrogens (primary N) is 1. The Labute approximate surface area is 111 Å². The lowest BCUT2D eigenvalue weighted by molar-refractivity contribution is -0.146. The molecule has 2 atom stereocenters. The van der Waals surface area contributed by atoms with E-state index in [1.807, 2.05) is 11.8 Å². The number of nitrogens with zero attached hydrogens (tertiary/aromatic N) is 1. The van der Waals surface area contributed by atoms with Gasteiger partial charge in [0.2, 0.25) is 0 Å². The van der Waals surface area contributed by atoms with Gasteiger partial charge < -0.3 is 15.4 Å². The Hall–Kier alpha value is -0.610. The van der Waals surface area contributed by atoms with Crippen LogP contribution in [0.5, 0.6) is 0 Å². The molecule has 0 aromatic rings. The Morgan fingerprint density at radius 3 is 2.72 bits per heavy atom. The van der Waals surface area contributed by atoms with E-state index in [2.05, 4.69) is 13.8 Å². The predicted molar refractivity (Wildman–Crippen MR) is 73.3 cm³/mol. The summed E-state index contributed by atoms with van der Waals surface area (Å²) >= 11 is 0. The number of hydrogen-bond acceptors (Lipinski definition) is 3. The standard InChI is InChI=1S/C14H28N2O2/c1-11(2)7-9-18-12(3)14(17)16-8-5-4-6-13(16)10-15/h11-13H,4-10,15H2,1-3H3. The van der Waals surface area contributed by atoms with E-state index in [0.717, 1.165) is 25.8 Å². The van der Waals surface area contributed by atoms with Crippen molar-refractivity contribution in [1.29, 1.82) is 0 Å². The molecule has 106 valence electrons. The lowest BCUT2D eigenvalue weighted by Gasteiger charge is -2.36. The summed E-state index contributed by atoms with van der Waals surface area (Å²) < 4.78 is 5.63. The summed E-state index contributed by atoms with van der Waals surface area (Å²) in [5.74, 6) is 0.716. The van der Waals surface area contributed by atoms with E-state index < -0.39 is 0 Å². The highest BCUT2D eigenvalue weighted by atomic mass is 16.5. The monoisotopic (exact) mass is 256 g/mol. The molecule has 4 heteroatoms. The van der Waals surface area contributed by atoms with Gasteiger partial charge in [0.1, 0.15) is 6.10 Å². The van der Waals surface area contributed by atoms with Gasteiger partial charge in [-0.05, 0) is 38.5 Å². The van der Waals surface area contributed by atoms with Crippen LogP contribution < -0.4 is 5.73 Å². The molecule has 0 bridgehead atoms. The Balaban J connectivity index is 2.41. The second-order valence-corrected chi connectivity index (χ2v) is 5.61. The number of carbonyl (C=O) groups excluding carboxylic acids is 1. The van der Waals surface area contributed by atoms with E-state index in [0.29, 0.717) is 19.1 Å². The third-order valence-electron chi connectivity index (χ3n) is 3.59. The average Bonchev–Trinajstić information content (AvgIpc) is 2.37. The topological polar surface area (TPSA) is 55.6 Å². The summed E-state index contributed by atoms with van der Waals surface area (Å²) in [7, 11) is 0. The zero-order valence-corrected chi connectivity index (χ0v) is 12.0. The van der Waals surface area contributed by atoms with Crippen molar-refractivity contribution in [3.05, 3.63) is 0 Å². The summed E-state index contributed by atoms with van der Waals surface area (Å²) in [4.78, 5) is 14.2. The third-order valence-corrected chi connectivity index (χ3v) is 3.59. The van der Waals surface area contributed by atoms with Crippen molar-refractivity contribution in [3.8, 4) is 0 Å². The van der Waals surface area contributed by atoms with Crippen molar-refractivity contribution in [3.63, 3.8) is 0 Å². The molecule has 1 fully saturated rings. The van der Waals surface area contributed by atoms with Gasteiger partial charge in [-0.25, -0.2) is 0 Å². The maximum atomic E-state index is 12.3. The number of carbonyl (C=O) groups is 1. The quantitative estimate of drug-likeness (QED) is 0.788. The fourth-order valence-corrected chi connectivity index (χ4v) is 2.32. The molecule has 1 aliphatic heterocycles. The van der Waals surface area contributed by atoms with E-state index in [-0.39, 0.29) is 18.1 Å². The van der Waals surface area contributed by atoms with Crippen molar-refractivity contribution >= 4 is 5.91 Å². The first kappa shape index (κ1) is 15.4. The van der Waals surface area contributed by atoms with Crippen LogP contribution in [0.2, 0.25) is 0 Å². The summed E-state index contributed by atoms with van der Waals surface area (Å²) in [5.41, 5.74) is 5.74. The number of ether oxygens (including phenoxy) is 1. The number of piperidine rings is 1. The molecule has 2 N–H and O–H groups in total. The zero-order valence-electron chi connectivity index (χ0n) is 12.0. The van der Waals surface area contributed by atoms with Gasteiger partial charge in [0.05, 0.1) is 0 Å². The Kier molecular flexibility index (Phi) is 6.65. The van der Waals surface area contributed by atoms with Crippen LogP contribution in [0, 0.1) is 5.92 Å². The first-order valence-electron chi connectivity index (χ1n) is 7.18. The van der Waals surface area contributed by atoms with Gasteiger partial charge in [-0.1, -0.05) is 13.8 Å². The number of hydrogen-bond donors (Lipinski definition) is 1. The van der Waals surface area contributed by atoms with Crippen LogP contribution in [0.1, 0.15) is 46.5 Å². The van der Waals surface area contributed by atoms with E-state index in [9.17, 15) is 4.79 Å². The number of likely N-dealkylation sites (tertiary alicyclic amines) is 1. The Bertz CT molecular complexity index is 256. The summed E-state index contributed by atoms with van der Waals surface area (Å²) in [6.45, 7) is 8.22. The SMILES string of the molecule is CC(C)CCOC(C)C(=O)N1CCCCC1CN. The maximum absolute atomic E-state index is 12.3. The van der Waals surface area contributed by atoms with Gasteiger partial charge in [0.25, 0.3) is 5.91 Å². The fraction of sp³-hybridized carbons (Fsp3) is 0.929. The minimum absolute atomic E-state index is 0.105. The number of amides is 1. The molecule has 0 aromatic carbocycles. The normalized spacial score (nSPS) is 22.3. The summed E-state index contributed by atoms with van der Waals surface area (Å²) in [5, 5.41) is 0. The highest BCUT2D eigenvalue weighted by molar-refractivity contribution is 5.81. The average molecular weight is 256 g/mol. The van der Waals surface area contributed by atoms with Gasteiger partial charge in [-0.2, -0.15) is 0 Å². The van der Waals surface area contributed by atoms with E-state index in [4.69, 9.17) is 10.5 Å². The minimum atomic E-state index is -0.337. The first-order valence-corrected chi connectivity index (χ1v) is 7.18. The largest absolute Gasteiger partial charge is 0.369 e. The van der Waals surface area contributed by atoms with Crippen molar-refractivity contribution < 1.29 is 9.53 Å². The molecule has 1 aliphatic rings. The molecular formula is C14H28N2O2. The first-order chi connectivity index (χ1) is 8.56. The van der Waals surface area contributed by atoms with Gasteiger partial charge in [-0.15, -0.1) is 0 Å². The van der Waals surface area contributed by atoms with Gasteiger partial charge in [-0.3, -0.25) is 4.79 Å². The molecule has 1 heterocycles. The summed E-state index contributed by atoms with van der Waals surface area (Å²) in [6.07, 6.45) is 3.95. The molecule has 0 aliphatic carbocycles. The molecule has 4 nitrogen and oxygen atoms in total. The molecule has 1 saturated heterocycles. The van der Waals surface area contributed by atoms with E-state index >= 15 is 0 Å². The van der Waals surface area contributed by atoms with Crippen LogP contribution in [-0.4, -0.2) is 42.6 Å². The molecule has 0 aromatic heterocycles. The predicted octanol–water partition coefficient (Wildman–Crippen LogP) is 1.78. The van der Waals surface area contributed by atoms with Crippen molar-refractivity contribution in [1.82, 2.24) is 4.90 Å². The smallest absolute Gasteiger partial charge is 0.251 e. The van der Waals surface area contributed by atoms with Crippen molar-refractivity contribution in [2.45, 2.75) is 58.6 Å². The van der Waals surface area contributed by atoms with E-state index in [1.54, 1.807) is 0 Å². The van der Waals surface area contributed by atoms with Gasteiger partial charge in [0.15, 0.2) is 0 Å². The van der Waals surface area contributed by atoms with Crippen LogP contribution in [0.3, 0.4) is 0 Å². The second kappa shape index (κ2) is 7.74. The van der Waals surface area contributed by atoms with Gasteiger partial charge >= 0.3 is 0 Å². The summed E-state index contributed by atoms with van der Waals surface area (Å²) in [6, 6.07) is 0.211. The van der Waals surface area contributed by atoms with Crippen LogP contribution in [0.4, 0.5) is 0 Å². The molecule has 18 heavy (non-hydrogen) atoms. The molecule has 0 radical (unpaired) electrons. The lowest BCUT2D eigenvalue weighted by Crippen LogP contribution is -2.51. The Morgan fingerprint density at radius 1 is 1.39 bits per heavy atom. The van der Waals surface area contributed by atoms with E-state index in [1.165, 1.54) is 6.42 Å². The van der Waals surface area contributed by atoms with Crippen molar-refractivity contribution in [2.75, 3.05) is 19.7 Å². The lowest BCUT2D eigenvalue weighted by atomic mass is 10.0. The Morgan fingerprint density at radius 2 is 2.11 bits per heavy atom. The highest BCUT2D eigenvalue weighted by Crippen LogP contribution is 2.18.